The Morgan fingerprint density at radius 2 is 0.778 bits per heavy atom. The summed E-state index contributed by atoms with van der Waals surface area (Å²) in [5, 5.41) is 28.9. The Balaban J connectivity index is 0.961. The Morgan fingerprint density at radius 1 is 0.424 bits per heavy atom. The van der Waals surface area contributed by atoms with Crippen LogP contribution in [0.4, 0.5) is 4.79 Å². The van der Waals surface area contributed by atoms with Crippen molar-refractivity contribution in [1.82, 2.24) is 10.6 Å². The molecule has 8 N–H and O–H groups in total. The normalized spacial score (nSPS) is 25.6. The summed E-state index contributed by atoms with van der Waals surface area (Å²) in [6.07, 6.45) is -15.8. The van der Waals surface area contributed by atoms with Crippen LogP contribution in [-0.2, 0) is 114 Å². The van der Waals surface area contributed by atoms with Crippen molar-refractivity contribution in [1.29, 1.82) is 0 Å². The SMILES string of the molecule is N[C@@H]1[C@@H](OCc2ccccc2)[C@@H](O[C@@H]2[C@@H](OCc3ccccc3)[C@H](O[C@H]3O[C@H](CO)[C@@H](OCc4ccccc4)[C@H](OCc4ccccc4)[C@H]3OCc3ccccc3)[C@@H](N)C[C@@H]2NC(=O)[C@@H](O)CCNC(=O)OCc2ccccc2)O[C@H](COCc2ccccc2)[C@H]1OCc1ccccc1. The van der Waals surface area contributed by atoms with Crippen LogP contribution in [0, 0.1) is 0 Å². The predicted molar refractivity (Wildman–Crippen MR) is 368 cm³/mol. The minimum atomic E-state index is -1.65. The molecule has 20 nitrogen and oxygen atoms in total. The van der Waals surface area contributed by atoms with E-state index in [1.54, 1.807) is 0 Å². The van der Waals surface area contributed by atoms with Crippen LogP contribution in [0.1, 0.15) is 57.3 Å². The number of amides is 2. The monoisotopic (exact) mass is 1350 g/mol. The van der Waals surface area contributed by atoms with Gasteiger partial charge in [-0.1, -0.05) is 243 Å². The van der Waals surface area contributed by atoms with E-state index in [9.17, 15) is 19.8 Å². The number of ether oxygens (including phenoxy) is 12. The highest BCUT2D eigenvalue weighted by atomic mass is 16.7. The second-order valence-electron chi connectivity index (χ2n) is 24.9. The van der Waals surface area contributed by atoms with Crippen molar-refractivity contribution in [3.05, 3.63) is 287 Å². The lowest BCUT2D eigenvalue weighted by Gasteiger charge is -2.51. The molecule has 20 heteroatoms. The molecule has 3 aliphatic rings. The summed E-state index contributed by atoms with van der Waals surface area (Å²) in [5.74, 6) is -0.795. The molecule has 99 heavy (non-hydrogen) atoms. The molecule has 0 aromatic heterocycles. The molecule has 8 aromatic carbocycles. The summed E-state index contributed by atoms with van der Waals surface area (Å²) in [4.78, 5) is 27.6. The molecular weight excluding hydrogens is 1260 g/mol. The van der Waals surface area contributed by atoms with Gasteiger partial charge in [0.2, 0.25) is 5.91 Å². The lowest BCUT2D eigenvalue weighted by Crippen LogP contribution is -2.70. The molecule has 0 radical (unpaired) electrons. The van der Waals surface area contributed by atoms with Gasteiger partial charge in [0.1, 0.15) is 73.8 Å². The Bertz CT molecular complexity index is 3590. The van der Waals surface area contributed by atoms with Gasteiger partial charge in [-0.05, 0) is 57.3 Å². The summed E-state index contributed by atoms with van der Waals surface area (Å²) < 4.78 is 82.6. The van der Waals surface area contributed by atoms with Gasteiger partial charge in [-0.25, -0.2) is 4.79 Å². The van der Waals surface area contributed by atoms with E-state index < -0.39 is 116 Å². The maximum absolute atomic E-state index is 14.7. The number of aliphatic hydroxyl groups excluding tert-OH is 2. The van der Waals surface area contributed by atoms with E-state index in [1.807, 2.05) is 243 Å². The largest absolute Gasteiger partial charge is 0.445 e. The highest BCUT2D eigenvalue weighted by molar-refractivity contribution is 5.81. The molecule has 2 saturated heterocycles. The van der Waals surface area contributed by atoms with Crippen molar-refractivity contribution in [2.45, 2.75) is 164 Å². The van der Waals surface area contributed by atoms with Crippen LogP contribution >= 0.6 is 0 Å². The first-order chi connectivity index (χ1) is 48.6. The van der Waals surface area contributed by atoms with E-state index >= 15 is 0 Å². The maximum atomic E-state index is 14.7. The van der Waals surface area contributed by atoms with Crippen molar-refractivity contribution in [3.63, 3.8) is 0 Å². The van der Waals surface area contributed by atoms with Crippen LogP contribution in [0.5, 0.6) is 0 Å². The zero-order chi connectivity index (χ0) is 68.4. The quantitative estimate of drug-likeness (QED) is 0.0220. The van der Waals surface area contributed by atoms with Gasteiger partial charge < -0.3 is 89.2 Å². The molecule has 0 spiro atoms. The molecule has 522 valence electrons. The standard InChI is InChI=1S/C79H90N4O16/c80-62-43-63(83-76(86)64(85)41-42-82-79(87)95-52-61-39-23-8-24-40-61)69(99-77-72(91-48-57-31-15-4-16-32-57)67(81)70(89-46-55-27-11-2-12-28-55)66(97-77)53-88-45-54-25-9-1-10-26-54)73(92-49-58-33-17-5-18-34-58)68(62)98-78-75(94-51-60-37-21-7-22-38-60)74(93-50-59-35-19-6-20-36-59)71(65(44-84)96-78)90-47-56-29-13-3-14-30-56/h1-40,62-75,77-78,84-85H,41-53,80-81H2,(H,82,87)(H,83,86)/t62-,63-,64-,65+,66+,67-,68+,69-,70+,71+,72+,73-,74-,75+,77+,78+/m0/s1. The number of nitrogens with two attached hydrogens (primary N) is 2. The number of nitrogens with one attached hydrogen (secondary N) is 2. The summed E-state index contributed by atoms with van der Waals surface area (Å²) in [7, 11) is 0. The van der Waals surface area contributed by atoms with Crippen molar-refractivity contribution >= 4 is 12.0 Å². The first-order valence-corrected chi connectivity index (χ1v) is 33.8. The zero-order valence-corrected chi connectivity index (χ0v) is 55.3. The lowest BCUT2D eigenvalue weighted by atomic mass is 9.83. The minimum absolute atomic E-state index is 0.00169. The van der Waals surface area contributed by atoms with Crippen molar-refractivity contribution in [2.75, 3.05) is 19.8 Å². The van der Waals surface area contributed by atoms with Crippen LogP contribution in [0.25, 0.3) is 0 Å². The van der Waals surface area contributed by atoms with E-state index in [-0.39, 0.29) is 78.8 Å². The highest BCUT2D eigenvalue weighted by Crippen LogP contribution is 2.38. The number of carbonyl (C=O) groups is 2. The van der Waals surface area contributed by atoms with Crippen molar-refractivity contribution in [3.8, 4) is 0 Å². The molecular formula is C79H90N4O16. The number of rotatable bonds is 34. The summed E-state index contributed by atoms with van der Waals surface area (Å²) in [5.41, 5.74) is 21.9. The molecule has 0 unspecified atom stereocenters. The third kappa shape index (κ3) is 21.2. The van der Waals surface area contributed by atoms with Crippen molar-refractivity contribution < 1.29 is 76.6 Å². The summed E-state index contributed by atoms with van der Waals surface area (Å²) in [6.45, 7) is 0.249. The van der Waals surface area contributed by atoms with E-state index in [1.165, 1.54) is 0 Å². The number of carbonyl (C=O) groups excluding carboxylic acids is 2. The molecule has 3 fully saturated rings. The fourth-order valence-corrected chi connectivity index (χ4v) is 12.5. The number of hydrogen-bond donors (Lipinski definition) is 6. The molecule has 2 heterocycles. The van der Waals surface area contributed by atoms with E-state index in [0.717, 1.165) is 44.5 Å². The predicted octanol–water partition coefficient (Wildman–Crippen LogP) is 9.15. The van der Waals surface area contributed by atoms with Gasteiger partial charge in [-0.15, -0.1) is 0 Å². The van der Waals surface area contributed by atoms with Crippen molar-refractivity contribution in [2.24, 2.45) is 11.5 Å². The van der Waals surface area contributed by atoms with Gasteiger partial charge in [-0.3, -0.25) is 4.79 Å². The van der Waals surface area contributed by atoms with Gasteiger partial charge in [0.25, 0.3) is 0 Å². The van der Waals surface area contributed by atoms with Gasteiger partial charge in [0, 0.05) is 12.6 Å². The zero-order valence-electron chi connectivity index (χ0n) is 55.3. The Labute approximate surface area is 578 Å². The third-order valence-corrected chi connectivity index (χ3v) is 17.7. The van der Waals surface area contributed by atoms with Crippen LogP contribution in [0.3, 0.4) is 0 Å². The Hall–Kier alpha value is -8.10. The minimum Gasteiger partial charge on any atom is -0.445 e. The Kier molecular flexibility index (Phi) is 27.6. The molecule has 0 bridgehead atoms. The highest BCUT2D eigenvalue weighted by Gasteiger charge is 2.56. The van der Waals surface area contributed by atoms with Crippen LogP contribution in [-0.4, -0.2) is 140 Å². The summed E-state index contributed by atoms with van der Waals surface area (Å²) in [6, 6.07) is 73.9. The van der Waals surface area contributed by atoms with E-state index in [2.05, 4.69) is 10.6 Å². The van der Waals surface area contributed by atoms with Crippen LogP contribution < -0.4 is 22.1 Å². The number of hydrogen-bond acceptors (Lipinski definition) is 18. The fraction of sp³-hybridized carbons (Fsp3) is 0.367. The second kappa shape index (κ2) is 37.9. The molecule has 2 amide bonds. The smallest absolute Gasteiger partial charge is 0.407 e. The van der Waals surface area contributed by atoms with E-state index in [4.69, 9.17) is 68.3 Å². The first-order valence-electron chi connectivity index (χ1n) is 33.8. The second-order valence-corrected chi connectivity index (χ2v) is 24.9. The topological polar surface area (TPSA) is 261 Å². The summed E-state index contributed by atoms with van der Waals surface area (Å²) >= 11 is 0. The average Bonchev–Trinajstić information content (AvgIpc) is 0.769. The number of alkyl carbamates (subject to hydrolysis) is 1. The average molecular weight is 1350 g/mol. The first kappa shape index (κ1) is 72.2. The van der Waals surface area contributed by atoms with Gasteiger partial charge in [-0.2, -0.15) is 0 Å². The number of benzene rings is 8. The molecule has 11 rings (SSSR count). The fourth-order valence-electron chi connectivity index (χ4n) is 12.5. The number of aliphatic hydroxyl groups is 2. The lowest BCUT2D eigenvalue weighted by molar-refractivity contribution is -0.354. The molecule has 2 aliphatic heterocycles. The van der Waals surface area contributed by atoms with E-state index in [0.29, 0.717) is 0 Å². The van der Waals surface area contributed by atoms with Gasteiger partial charge in [0.15, 0.2) is 12.6 Å². The Morgan fingerprint density at radius 3 is 1.22 bits per heavy atom. The molecule has 1 aliphatic carbocycles. The van der Waals surface area contributed by atoms with Crippen LogP contribution in [0.15, 0.2) is 243 Å². The van der Waals surface area contributed by atoms with Crippen LogP contribution in [0.2, 0.25) is 0 Å². The van der Waals surface area contributed by atoms with Gasteiger partial charge >= 0.3 is 6.09 Å². The third-order valence-electron chi connectivity index (χ3n) is 17.7. The molecule has 1 saturated carbocycles. The molecule has 8 aromatic rings. The molecule has 16 atom stereocenters. The maximum Gasteiger partial charge on any atom is 0.407 e. The van der Waals surface area contributed by atoms with Gasteiger partial charge in [0.05, 0.1) is 71.5 Å².